The van der Waals surface area contributed by atoms with Crippen molar-refractivity contribution in [2.45, 2.75) is 238 Å². The Bertz CT molecular complexity index is 850. The highest BCUT2D eigenvalue weighted by Gasteiger charge is 2.22. The van der Waals surface area contributed by atoms with Crippen LogP contribution in [0.4, 0.5) is 0 Å². The summed E-state index contributed by atoms with van der Waals surface area (Å²) in [6, 6.07) is -0.824. The van der Waals surface area contributed by atoms with Crippen molar-refractivity contribution in [2.24, 2.45) is 0 Å². The first-order valence-corrected chi connectivity index (χ1v) is 22.5. The van der Waals surface area contributed by atoms with Crippen molar-refractivity contribution in [3.05, 3.63) is 48.6 Å². The molecule has 0 aliphatic carbocycles. The van der Waals surface area contributed by atoms with Gasteiger partial charge in [0.25, 0.3) is 0 Å². The molecule has 0 aliphatic heterocycles. The molecule has 3 atom stereocenters. The Hall–Kier alpha value is -1.69. The number of carbonyl (C=O) groups excluding carboxylic acids is 1. The van der Waals surface area contributed by atoms with Gasteiger partial charge in [0.05, 0.1) is 18.8 Å². The van der Waals surface area contributed by atoms with Crippen molar-refractivity contribution in [3.63, 3.8) is 0 Å². The molecule has 0 aliphatic rings. The first-order chi connectivity index (χ1) is 25.6. The fourth-order valence-electron chi connectivity index (χ4n) is 6.56. The molecule has 0 aromatic heterocycles. The van der Waals surface area contributed by atoms with Gasteiger partial charge in [0.15, 0.2) is 0 Å². The molecule has 0 heterocycles. The third kappa shape index (κ3) is 36.7. The summed E-state index contributed by atoms with van der Waals surface area (Å²) in [6.45, 7) is 4.16. The predicted octanol–water partition coefficient (Wildman–Crippen LogP) is 12.9. The fourth-order valence-corrected chi connectivity index (χ4v) is 6.56. The summed E-state index contributed by atoms with van der Waals surface area (Å²) >= 11 is 0. The lowest BCUT2D eigenvalue weighted by Crippen LogP contribution is -2.48. The third-order valence-corrected chi connectivity index (χ3v) is 10.1. The van der Waals surface area contributed by atoms with E-state index in [2.05, 4.69) is 55.6 Å². The van der Waals surface area contributed by atoms with Gasteiger partial charge in [-0.25, -0.2) is 0 Å². The molecule has 304 valence electrons. The lowest BCUT2D eigenvalue weighted by Gasteiger charge is -2.21. The predicted molar refractivity (Wildman–Crippen MR) is 227 cm³/mol. The van der Waals surface area contributed by atoms with Gasteiger partial charge in [0.1, 0.15) is 6.10 Å². The van der Waals surface area contributed by atoms with Crippen LogP contribution in [0.2, 0.25) is 0 Å². The van der Waals surface area contributed by atoms with Gasteiger partial charge < -0.3 is 20.6 Å². The number of hydrogen-bond donors (Lipinski definition) is 4. The van der Waals surface area contributed by atoms with E-state index < -0.39 is 24.2 Å². The number of aliphatic hydroxyl groups is 3. The van der Waals surface area contributed by atoms with Gasteiger partial charge in [-0.05, 0) is 70.6 Å². The van der Waals surface area contributed by atoms with Gasteiger partial charge in [-0.1, -0.05) is 197 Å². The summed E-state index contributed by atoms with van der Waals surface area (Å²) in [6.07, 6.45) is 54.3. The zero-order valence-electron chi connectivity index (χ0n) is 34.4. The molecule has 5 nitrogen and oxygen atoms in total. The summed E-state index contributed by atoms with van der Waals surface area (Å²) in [5.74, 6) is -0.522. The molecule has 0 saturated carbocycles. The van der Waals surface area contributed by atoms with Crippen molar-refractivity contribution in [2.75, 3.05) is 6.61 Å². The van der Waals surface area contributed by atoms with E-state index in [4.69, 9.17) is 0 Å². The molecule has 0 spiro atoms. The lowest BCUT2D eigenvalue weighted by molar-refractivity contribution is -0.131. The van der Waals surface area contributed by atoms with Crippen LogP contribution in [0.5, 0.6) is 0 Å². The second kappa shape index (κ2) is 42.1. The molecule has 0 fully saturated rings. The Kier molecular flexibility index (Phi) is 40.7. The monoisotopic (exact) mass is 730 g/mol. The number of rotatable bonds is 40. The SMILES string of the molecule is CCCCCCCCC/C=C/CC/C=C/CC/C=C/C(O)C(CO)NC(=O)C(O)CCCCCCCC/C=C\CCCCCCCCCCCCC. The average molecular weight is 730 g/mol. The van der Waals surface area contributed by atoms with E-state index in [1.807, 2.05) is 6.08 Å². The molecular weight excluding hydrogens is 643 g/mol. The average Bonchev–Trinajstić information content (AvgIpc) is 3.15. The van der Waals surface area contributed by atoms with Crippen LogP contribution in [0.25, 0.3) is 0 Å². The number of allylic oxidation sites excluding steroid dienone is 7. The van der Waals surface area contributed by atoms with Crippen LogP contribution in [-0.2, 0) is 4.79 Å². The first-order valence-electron chi connectivity index (χ1n) is 22.5. The van der Waals surface area contributed by atoms with Crippen molar-refractivity contribution in [1.82, 2.24) is 5.32 Å². The van der Waals surface area contributed by atoms with Crippen molar-refractivity contribution >= 4 is 5.91 Å². The van der Waals surface area contributed by atoms with E-state index >= 15 is 0 Å². The maximum Gasteiger partial charge on any atom is 0.249 e. The number of aliphatic hydroxyl groups excluding tert-OH is 3. The number of hydrogen-bond acceptors (Lipinski definition) is 4. The Morgan fingerprint density at radius 2 is 0.788 bits per heavy atom. The third-order valence-electron chi connectivity index (χ3n) is 10.1. The van der Waals surface area contributed by atoms with Gasteiger partial charge in [-0.2, -0.15) is 0 Å². The highest BCUT2D eigenvalue weighted by atomic mass is 16.3. The Labute approximate surface area is 323 Å². The second-order valence-corrected chi connectivity index (χ2v) is 15.2. The number of amides is 1. The summed E-state index contributed by atoms with van der Waals surface area (Å²) in [5, 5.41) is 33.1. The highest BCUT2D eigenvalue weighted by Crippen LogP contribution is 2.14. The molecule has 1 amide bonds. The first kappa shape index (κ1) is 50.3. The van der Waals surface area contributed by atoms with Crippen molar-refractivity contribution in [3.8, 4) is 0 Å². The van der Waals surface area contributed by atoms with Crippen molar-refractivity contribution < 1.29 is 20.1 Å². The second-order valence-electron chi connectivity index (χ2n) is 15.2. The van der Waals surface area contributed by atoms with Crippen LogP contribution in [0.15, 0.2) is 48.6 Å². The number of nitrogens with one attached hydrogen (secondary N) is 1. The zero-order valence-corrected chi connectivity index (χ0v) is 34.4. The summed E-state index contributed by atoms with van der Waals surface area (Å²) in [7, 11) is 0. The Morgan fingerprint density at radius 1 is 0.462 bits per heavy atom. The topological polar surface area (TPSA) is 89.8 Å². The molecule has 0 rings (SSSR count). The van der Waals surface area contributed by atoms with E-state index in [-0.39, 0.29) is 6.61 Å². The van der Waals surface area contributed by atoms with Gasteiger partial charge in [0.2, 0.25) is 5.91 Å². The molecule has 0 aromatic carbocycles. The molecule has 0 bridgehead atoms. The summed E-state index contributed by atoms with van der Waals surface area (Å²) < 4.78 is 0. The van der Waals surface area contributed by atoms with Crippen LogP contribution < -0.4 is 5.32 Å². The van der Waals surface area contributed by atoms with Gasteiger partial charge in [0, 0.05) is 0 Å². The van der Waals surface area contributed by atoms with Crippen LogP contribution in [0, 0.1) is 0 Å². The van der Waals surface area contributed by atoms with E-state index in [0.29, 0.717) is 6.42 Å². The minimum atomic E-state index is -1.11. The molecule has 4 N–H and O–H groups in total. The number of unbranched alkanes of at least 4 members (excludes halogenated alkanes) is 26. The van der Waals surface area contributed by atoms with Crippen molar-refractivity contribution in [1.29, 1.82) is 0 Å². The van der Waals surface area contributed by atoms with E-state index in [1.165, 1.54) is 154 Å². The maximum absolute atomic E-state index is 12.5. The van der Waals surface area contributed by atoms with E-state index in [0.717, 1.165) is 44.9 Å². The lowest BCUT2D eigenvalue weighted by atomic mass is 10.0. The fraction of sp³-hybridized carbons (Fsp3) is 0.809. The summed E-state index contributed by atoms with van der Waals surface area (Å²) in [5.41, 5.74) is 0. The van der Waals surface area contributed by atoms with E-state index in [9.17, 15) is 20.1 Å². The largest absolute Gasteiger partial charge is 0.394 e. The molecular formula is C47H87NO4. The molecule has 52 heavy (non-hydrogen) atoms. The van der Waals surface area contributed by atoms with Gasteiger partial charge in [-0.15, -0.1) is 0 Å². The highest BCUT2D eigenvalue weighted by molar-refractivity contribution is 5.80. The molecule has 5 heteroatoms. The van der Waals surface area contributed by atoms with Gasteiger partial charge in [-0.3, -0.25) is 4.79 Å². The quantitative estimate of drug-likeness (QED) is 0.0373. The standard InChI is InChI=1S/C47H87NO4/c1-3-5-7-9-11-13-15-17-19-21-22-23-24-26-28-30-32-34-36-38-40-42-46(51)47(52)48-44(43-49)45(50)41-39-37-35-33-31-29-27-25-20-18-16-14-12-10-8-6-4-2/h20,24-26,31,33,39,41,44-46,49-51H,3-19,21-23,27-30,32,34-38,40,42-43H2,1-2H3,(H,48,52)/b25-20+,26-24-,33-31+,41-39+. The molecule has 3 unspecified atom stereocenters. The van der Waals surface area contributed by atoms with Crippen LogP contribution in [0.1, 0.15) is 219 Å². The summed E-state index contributed by atoms with van der Waals surface area (Å²) in [4.78, 5) is 12.5. The zero-order chi connectivity index (χ0) is 38.0. The number of carbonyl (C=O) groups is 1. The normalized spacial score (nSPS) is 14.0. The smallest absolute Gasteiger partial charge is 0.249 e. The van der Waals surface area contributed by atoms with Gasteiger partial charge >= 0.3 is 0 Å². The minimum absolute atomic E-state index is 0.384. The van der Waals surface area contributed by atoms with Crippen LogP contribution in [-0.4, -0.2) is 46.1 Å². The van der Waals surface area contributed by atoms with Crippen LogP contribution in [0.3, 0.4) is 0 Å². The molecule has 0 aromatic rings. The van der Waals surface area contributed by atoms with Crippen LogP contribution >= 0.6 is 0 Å². The maximum atomic E-state index is 12.5. The molecule has 0 radical (unpaired) electrons. The Balaban J connectivity index is 3.74. The Morgan fingerprint density at radius 3 is 1.17 bits per heavy atom. The minimum Gasteiger partial charge on any atom is -0.394 e. The van der Waals surface area contributed by atoms with E-state index in [1.54, 1.807) is 6.08 Å². The molecule has 0 saturated heterocycles.